The summed E-state index contributed by atoms with van der Waals surface area (Å²) in [5.74, 6) is 0.829. The molecule has 0 saturated carbocycles. The Morgan fingerprint density at radius 3 is 2.54 bits per heavy atom. The molecule has 5 heteroatoms. The van der Waals surface area contributed by atoms with Gasteiger partial charge in [-0.3, -0.25) is 0 Å². The maximum absolute atomic E-state index is 4.49. The standard InChI is InChI=1S/C19H13BrN4/c20-18-6-2-5-17-16(18)7-8-23-19(17)24-15-4-1-3-13(9-15)14-10-21-12-22-11-14/h1-12H,(H,23,24). The number of pyridine rings is 1. The van der Waals surface area contributed by atoms with Crippen LogP contribution >= 0.6 is 15.9 Å². The molecular formula is C19H13BrN4. The van der Waals surface area contributed by atoms with Crippen LogP contribution in [0.3, 0.4) is 0 Å². The fourth-order valence-electron chi connectivity index (χ4n) is 2.63. The topological polar surface area (TPSA) is 50.7 Å². The molecule has 0 unspecified atom stereocenters. The highest BCUT2D eigenvalue weighted by molar-refractivity contribution is 9.10. The van der Waals surface area contributed by atoms with Gasteiger partial charge in [-0.1, -0.05) is 40.2 Å². The van der Waals surface area contributed by atoms with Crippen molar-refractivity contribution < 1.29 is 0 Å². The third-order valence-electron chi connectivity index (χ3n) is 3.77. The van der Waals surface area contributed by atoms with Crippen molar-refractivity contribution in [1.82, 2.24) is 15.0 Å². The number of rotatable bonds is 3. The van der Waals surface area contributed by atoms with Crippen LogP contribution in [0.15, 0.2) is 77.9 Å². The van der Waals surface area contributed by atoms with Gasteiger partial charge in [-0.15, -0.1) is 0 Å². The van der Waals surface area contributed by atoms with Crippen molar-refractivity contribution in [2.45, 2.75) is 0 Å². The number of benzene rings is 2. The van der Waals surface area contributed by atoms with Gasteiger partial charge in [0.1, 0.15) is 12.1 Å². The fourth-order valence-corrected chi connectivity index (χ4v) is 3.13. The summed E-state index contributed by atoms with van der Waals surface area (Å²) in [5.41, 5.74) is 3.01. The van der Waals surface area contributed by atoms with E-state index < -0.39 is 0 Å². The summed E-state index contributed by atoms with van der Waals surface area (Å²) in [7, 11) is 0. The molecule has 2 heterocycles. The Morgan fingerprint density at radius 1 is 0.833 bits per heavy atom. The molecule has 0 fully saturated rings. The van der Waals surface area contributed by atoms with Crippen LogP contribution in [-0.4, -0.2) is 15.0 Å². The molecule has 0 bridgehead atoms. The van der Waals surface area contributed by atoms with Crippen molar-refractivity contribution in [2.75, 3.05) is 5.32 Å². The highest BCUT2D eigenvalue weighted by Crippen LogP contribution is 2.30. The molecular weight excluding hydrogens is 364 g/mol. The van der Waals surface area contributed by atoms with Crippen LogP contribution in [-0.2, 0) is 0 Å². The van der Waals surface area contributed by atoms with Gasteiger partial charge in [0.15, 0.2) is 0 Å². The minimum absolute atomic E-state index is 0.829. The number of hydrogen-bond acceptors (Lipinski definition) is 4. The normalized spacial score (nSPS) is 10.7. The quantitative estimate of drug-likeness (QED) is 0.533. The lowest BCUT2D eigenvalue weighted by Gasteiger charge is -2.11. The lowest BCUT2D eigenvalue weighted by molar-refractivity contribution is 1.17. The molecule has 24 heavy (non-hydrogen) atoms. The average molecular weight is 377 g/mol. The van der Waals surface area contributed by atoms with Gasteiger partial charge in [-0.2, -0.15) is 0 Å². The predicted molar refractivity (Wildman–Crippen MR) is 100 cm³/mol. The van der Waals surface area contributed by atoms with Gasteiger partial charge in [0.25, 0.3) is 0 Å². The molecule has 2 aromatic heterocycles. The molecule has 0 aliphatic heterocycles. The number of halogens is 1. The maximum atomic E-state index is 4.49. The van der Waals surface area contributed by atoms with Crippen molar-refractivity contribution in [3.05, 3.63) is 77.9 Å². The van der Waals surface area contributed by atoms with Crippen LogP contribution in [0, 0.1) is 0 Å². The zero-order valence-corrected chi connectivity index (χ0v) is 14.2. The number of anilines is 2. The number of fused-ring (bicyclic) bond motifs is 1. The second-order valence-electron chi connectivity index (χ2n) is 5.33. The average Bonchev–Trinajstić information content (AvgIpc) is 2.64. The summed E-state index contributed by atoms with van der Waals surface area (Å²) in [6.45, 7) is 0. The Hall–Kier alpha value is -2.79. The highest BCUT2D eigenvalue weighted by atomic mass is 79.9. The lowest BCUT2D eigenvalue weighted by Crippen LogP contribution is -1.95. The maximum Gasteiger partial charge on any atom is 0.138 e. The Balaban J connectivity index is 1.73. The smallest absolute Gasteiger partial charge is 0.138 e. The Kier molecular flexibility index (Phi) is 3.92. The van der Waals surface area contributed by atoms with Gasteiger partial charge in [0, 0.05) is 45.1 Å². The zero-order valence-electron chi connectivity index (χ0n) is 12.6. The number of nitrogens with one attached hydrogen (secondary N) is 1. The van der Waals surface area contributed by atoms with Gasteiger partial charge in [-0.05, 0) is 29.8 Å². The van der Waals surface area contributed by atoms with Gasteiger partial charge in [0.05, 0.1) is 0 Å². The minimum Gasteiger partial charge on any atom is -0.340 e. The van der Waals surface area contributed by atoms with Gasteiger partial charge in [-0.25, -0.2) is 15.0 Å². The van der Waals surface area contributed by atoms with Crippen molar-refractivity contribution in [3.63, 3.8) is 0 Å². The summed E-state index contributed by atoms with van der Waals surface area (Å²) in [6, 6.07) is 16.2. The molecule has 0 amide bonds. The van der Waals surface area contributed by atoms with Gasteiger partial charge < -0.3 is 5.32 Å². The Labute approximate surface area is 147 Å². The number of nitrogens with zero attached hydrogens (tertiary/aromatic N) is 3. The van der Waals surface area contributed by atoms with E-state index >= 15 is 0 Å². The lowest BCUT2D eigenvalue weighted by atomic mass is 10.1. The van der Waals surface area contributed by atoms with Crippen LogP contribution in [0.2, 0.25) is 0 Å². The summed E-state index contributed by atoms with van der Waals surface area (Å²) in [4.78, 5) is 12.6. The van der Waals surface area contributed by atoms with Crippen LogP contribution < -0.4 is 5.32 Å². The monoisotopic (exact) mass is 376 g/mol. The number of hydrogen-bond donors (Lipinski definition) is 1. The van der Waals surface area contributed by atoms with Crippen LogP contribution in [0.1, 0.15) is 0 Å². The first-order valence-corrected chi connectivity index (χ1v) is 8.26. The molecule has 0 saturated heterocycles. The Morgan fingerprint density at radius 2 is 1.67 bits per heavy atom. The molecule has 0 radical (unpaired) electrons. The second-order valence-corrected chi connectivity index (χ2v) is 6.18. The molecule has 4 rings (SSSR count). The predicted octanol–water partition coefficient (Wildman–Crippen LogP) is 5.20. The largest absolute Gasteiger partial charge is 0.340 e. The summed E-state index contributed by atoms with van der Waals surface area (Å²) in [5, 5.41) is 5.61. The zero-order chi connectivity index (χ0) is 16.4. The highest BCUT2D eigenvalue weighted by Gasteiger charge is 2.06. The third kappa shape index (κ3) is 2.86. The SMILES string of the molecule is Brc1cccc2c(Nc3cccc(-c4cncnc4)c3)nccc12. The van der Waals surface area contributed by atoms with Crippen LogP contribution in [0.25, 0.3) is 21.9 Å². The van der Waals surface area contributed by atoms with Crippen LogP contribution in [0.5, 0.6) is 0 Å². The van der Waals surface area contributed by atoms with Crippen LogP contribution in [0.4, 0.5) is 11.5 Å². The number of aromatic nitrogens is 3. The van der Waals surface area contributed by atoms with E-state index in [1.807, 2.05) is 42.6 Å². The molecule has 2 aromatic carbocycles. The van der Waals surface area contributed by atoms with E-state index in [-0.39, 0.29) is 0 Å². The van der Waals surface area contributed by atoms with E-state index in [1.54, 1.807) is 12.4 Å². The van der Waals surface area contributed by atoms with E-state index in [0.717, 1.165) is 37.9 Å². The fraction of sp³-hybridized carbons (Fsp3) is 0. The van der Waals surface area contributed by atoms with Crippen molar-refractivity contribution >= 4 is 38.2 Å². The van der Waals surface area contributed by atoms with E-state index in [4.69, 9.17) is 0 Å². The third-order valence-corrected chi connectivity index (χ3v) is 4.46. The molecule has 4 aromatic rings. The first-order chi connectivity index (χ1) is 11.8. The van der Waals surface area contributed by atoms with E-state index in [2.05, 4.69) is 48.3 Å². The van der Waals surface area contributed by atoms with Gasteiger partial charge >= 0.3 is 0 Å². The summed E-state index contributed by atoms with van der Waals surface area (Å²) in [6.07, 6.45) is 6.95. The molecule has 4 nitrogen and oxygen atoms in total. The molecule has 0 aliphatic rings. The molecule has 116 valence electrons. The van der Waals surface area contributed by atoms with E-state index in [0.29, 0.717) is 0 Å². The second kappa shape index (κ2) is 6.37. The summed E-state index contributed by atoms with van der Waals surface area (Å²) < 4.78 is 1.06. The van der Waals surface area contributed by atoms with Crippen molar-refractivity contribution in [1.29, 1.82) is 0 Å². The van der Waals surface area contributed by atoms with E-state index in [1.165, 1.54) is 6.33 Å². The van der Waals surface area contributed by atoms with Crippen molar-refractivity contribution in [2.24, 2.45) is 0 Å². The van der Waals surface area contributed by atoms with Crippen molar-refractivity contribution in [3.8, 4) is 11.1 Å². The van der Waals surface area contributed by atoms with Gasteiger partial charge in [0.2, 0.25) is 0 Å². The first kappa shape index (κ1) is 14.8. The molecule has 0 spiro atoms. The minimum atomic E-state index is 0.829. The van der Waals surface area contributed by atoms with E-state index in [9.17, 15) is 0 Å². The molecule has 1 N–H and O–H groups in total. The summed E-state index contributed by atoms with van der Waals surface area (Å²) >= 11 is 3.59. The first-order valence-electron chi connectivity index (χ1n) is 7.47. The Bertz CT molecular complexity index is 1000. The molecule has 0 aliphatic carbocycles. The molecule has 0 atom stereocenters.